The maximum atomic E-state index is 6.28. The van der Waals surface area contributed by atoms with Crippen molar-refractivity contribution >= 4 is 21.5 Å². The molecule has 154 valence electrons. The highest BCUT2D eigenvalue weighted by Gasteiger charge is 2.21. The van der Waals surface area contributed by atoms with Gasteiger partial charge in [-0.1, -0.05) is 103 Å². The predicted octanol–water partition coefficient (Wildman–Crippen LogP) is 9.10. The molecule has 6 aromatic rings. The molecule has 6 aromatic carbocycles. The van der Waals surface area contributed by atoms with Gasteiger partial charge in [-0.3, -0.25) is 0 Å². The van der Waals surface area contributed by atoms with Gasteiger partial charge in [0.25, 0.3) is 0 Å². The van der Waals surface area contributed by atoms with Gasteiger partial charge in [0.1, 0.15) is 11.5 Å². The van der Waals surface area contributed by atoms with E-state index in [0.29, 0.717) is 0 Å². The normalized spacial score (nSPS) is 11.9. The summed E-state index contributed by atoms with van der Waals surface area (Å²) in [5, 5.41) is 4.94. The van der Waals surface area contributed by atoms with E-state index in [2.05, 4.69) is 109 Å². The number of hydrogen-bond acceptors (Lipinski definition) is 1. The van der Waals surface area contributed by atoms with Crippen molar-refractivity contribution in [2.24, 2.45) is 0 Å². The first-order valence-electron chi connectivity index (χ1n) is 11.3. The smallest absolute Gasteiger partial charge is 0.135 e. The third kappa shape index (κ3) is 2.79. The van der Waals surface area contributed by atoms with Crippen LogP contribution >= 0.6 is 0 Å². The van der Waals surface area contributed by atoms with Crippen LogP contribution in [0.2, 0.25) is 0 Å². The summed E-state index contributed by atoms with van der Waals surface area (Å²) in [7, 11) is 0. The molecule has 7 rings (SSSR count). The summed E-state index contributed by atoms with van der Waals surface area (Å²) in [6.07, 6.45) is 0. The van der Waals surface area contributed by atoms with Crippen molar-refractivity contribution in [3.63, 3.8) is 0 Å². The molecule has 33 heavy (non-hydrogen) atoms. The number of ether oxygens (including phenoxy) is 1. The lowest BCUT2D eigenvalue weighted by atomic mass is 9.89. The van der Waals surface area contributed by atoms with E-state index in [0.717, 1.165) is 17.1 Å². The van der Waals surface area contributed by atoms with Crippen LogP contribution in [0.5, 0.6) is 11.5 Å². The molecule has 0 aromatic heterocycles. The van der Waals surface area contributed by atoms with E-state index in [4.69, 9.17) is 4.74 Å². The highest BCUT2D eigenvalue weighted by molar-refractivity contribution is 6.10. The first-order valence-corrected chi connectivity index (χ1v) is 11.3. The van der Waals surface area contributed by atoms with Crippen molar-refractivity contribution < 1.29 is 4.74 Å². The quantitative estimate of drug-likeness (QED) is 0.271. The number of fused-ring (bicyclic) bond motifs is 3. The van der Waals surface area contributed by atoms with Crippen LogP contribution in [-0.4, -0.2) is 0 Å². The number of benzene rings is 6. The Morgan fingerprint density at radius 2 is 1.03 bits per heavy atom. The highest BCUT2D eigenvalue weighted by Crippen LogP contribution is 2.48. The monoisotopic (exact) mass is 420 g/mol. The average molecular weight is 421 g/mol. The minimum Gasteiger partial charge on any atom is -0.456 e. The zero-order valence-corrected chi connectivity index (χ0v) is 18.0. The molecule has 0 saturated carbocycles. The molecule has 1 heterocycles. The van der Waals surface area contributed by atoms with E-state index in [9.17, 15) is 0 Å². The van der Waals surface area contributed by atoms with Gasteiger partial charge >= 0.3 is 0 Å². The minimum atomic E-state index is 0.920. The lowest BCUT2D eigenvalue weighted by Crippen LogP contribution is -1.97. The van der Waals surface area contributed by atoms with E-state index >= 15 is 0 Å². The maximum absolute atomic E-state index is 6.28. The molecule has 1 aliphatic heterocycles. The highest BCUT2D eigenvalue weighted by atomic mass is 16.5. The Labute approximate surface area is 192 Å². The van der Waals surface area contributed by atoms with Crippen molar-refractivity contribution in [1.29, 1.82) is 0 Å². The largest absolute Gasteiger partial charge is 0.456 e. The third-order valence-electron chi connectivity index (χ3n) is 6.67. The van der Waals surface area contributed by atoms with Crippen LogP contribution in [-0.2, 0) is 0 Å². The molecule has 0 saturated heterocycles. The fourth-order valence-electron chi connectivity index (χ4n) is 5.16. The second-order valence-electron chi connectivity index (χ2n) is 8.55. The van der Waals surface area contributed by atoms with Crippen LogP contribution in [0.25, 0.3) is 54.9 Å². The Bertz CT molecular complexity index is 1690. The van der Waals surface area contributed by atoms with Gasteiger partial charge in [0.15, 0.2) is 0 Å². The van der Waals surface area contributed by atoms with Crippen LogP contribution in [0.4, 0.5) is 0 Å². The summed E-state index contributed by atoms with van der Waals surface area (Å²) in [5.41, 5.74) is 7.30. The first-order chi connectivity index (χ1) is 16.4. The van der Waals surface area contributed by atoms with E-state index in [1.807, 2.05) is 12.1 Å². The molecular formula is C32H20O. The number of para-hydroxylation sites is 1. The van der Waals surface area contributed by atoms with Crippen LogP contribution in [0.15, 0.2) is 121 Å². The molecule has 0 amide bonds. The van der Waals surface area contributed by atoms with E-state index in [1.54, 1.807) is 0 Å². The van der Waals surface area contributed by atoms with Gasteiger partial charge in [-0.05, 0) is 62.2 Å². The summed E-state index contributed by atoms with van der Waals surface area (Å²) in [6, 6.07) is 43.1. The molecule has 0 atom stereocenters. The van der Waals surface area contributed by atoms with Crippen molar-refractivity contribution in [1.82, 2.24) is 0 Å². The molecule has 0 bridgehead atoms. The van der Waals surface area contributed by atoms with Crippen molar-refractivity contribution in [2.45, 2.75) is 0 Å². The second kappa shape index (κ2) is 7.08. The van der Waals surface area contributed by atoms with Crippen LogP contribution in [0.1, 0.15) is 0 Å². The summed E-state index contributed by atoms with van der Waals surface area (Å²) >= 11 is 0. The molecule has 1 nitrogen and oxygen atoms in total. The van der Waals surface area contributed by atoms with Crippen LogP contribution in [0.3, 0.4) is 0 Å². The predicted molar refractivity (Wildman–Crippen MR) is 138 cm³/mol. The van der Waals surface area contributed by atoms with Crippen LogP contribution in [0, 0.1) is 0 Å². The van der Waals surface area contributed by atoms with Gasteiger partial charge in [-0.25, -0.2) is 0 Å². The Kier molecular flexibility index (Phi) is 3.91. The lowest BCUT2D eigenvalue weighted by molar-refractivity contribution is 0.487. The van der Waals surface area contributed by atoms with E-state index in [1.165, 1.54) is 49.4 Å². The Morgan fingerprint density at radius 1 is 0.394 bits per heavy atom. The van der Waals surface area contributed by atoms with Gasteiger partial charge < -0.3 is 4.74 Å². The van der Waals surface area contributed by atoms with E-state index < -0.39 is 0 Å². The Balaban J connectivity index is 1.44. The van der Waals surface area contributed by atoms with Gasteiger partial charge in [0.2, 0.25) is 0 Å². The first kappa shape index (κ1) is 18.2. The topological polar surface area (TPSA) is 9.23 Å². The van der Waals surface area contributed by atoms with Crippen LogP contribution < -0.4 is 4.74 Å². The molecular weight excluding hydrogens is 400 g/mol. The maximum Gasteiger partial charge on any atom is 0.135 e. The van der Waals surface area contributed by atoms with E-state index in [-0.39, 0.29) is 0 Å². The Hall–Kier alpha value is -4.36. The SMILES string of the molecule is c1cc(-c2cccc3ccccc23)cc(-c2ccc3c4c(cccc24)-c2ccccc2O3)c1. The summed E-state index contributed by atoms with van der Waals surface area (Å²) in [6.45, 7) is 0. The zero-order valence-electron chi connectivity index (χ0n) is 18.0. The molecule has 0 unspecified atom stereocenters. The third-order valence-corrected chi connectivity index (χ3v) is 6.67. The fourth-order valence-corrected chi connectivity index (χ4v) is 5.16. The molecule has 0 fully saturated rings. The summed E-state index contributed by atoms with van der Waals surface area (Å²) in [5.74, 6) is 1.84. The number of rotatable bonds is 2. The summed E-state index contributed by atoms with van der Waals surface area (Å²) < 4.78 is 6.28. The second-order valence-corrected chi connectivity index (χ2v) is 8.55. The summed E-state index contributed by atoms with van der Waals surface area (Å²) in [4.78, 5) is 0. The fraction of sp³-hybridized carbons (Fsp3) is 0. The molecule has 0 N–H and O–H groups in total. The number of hydrogen-bond donors (Lipinski definition) is 0. The van der Waals surface area contributed by atoms with Gasteiger partial charge in [0.05, 0.1) is 0 Å². The molecule has 1 aliphatic rings. The molecule has 0 spiro atoms. The average Bonchev–Trinajstić information content (AvgIpc) is 2.89. The minimum absolute atomic E-state index is 0.920. The zero-order chi connectivity index (χ0) is 21.8. The molecule has 1 heteroatoms. The van der Waals surface area contributed by atoms with Crippen molar-refractivity contribution in [2.75, 3.05) is 0 Å². The Morgan fingerprint density at radius 3 is 1.97 bits per heavy atom. The molecule has 0 aliphatic carbocycles. The van der Waals surface area contributed by atoms with Crippen molar-refractivity contribution in [3.8, 4) is 44.9 Å². The molecule has 0 radical (unpaired) electrons. The van der Waals surface area contributed by atoms with Gasteiger partial charge in [-0.15, -0.1) is 0 Å². The van der Waals surface area contributed by atoms with Gasteiger partial charge in [-0.2, -0.15) is 0 Å². The standard InChI is InChI=1S/C32H20O/c1-2-12-24-21(8-1)9-6-14-25(24)22-10-5-11-23(20-22)26-18-19-31-32-28(26)15-7-16-29(32)27-13-3-4-17-30(27)33-31/h1-20H. The van der Waals surface area contributed by atoms with Crippen molar-refractivity contribution in [3.05, 3.63) is 121 Å². The lowest BCUT2D eigenvalue weighted by Gasteiger charge is -2.22. The van der Waals surface area contributed by atoms with Gasteiger partial charge in [0, 0.05) is 10.9 Å².